The van der Waals surface area contributed by atoms with Crippen molar-refractivity contribution in [1.82, 2.24) is 9.88 Å². The first kappa shape index (κ1) is 21.0. The molecule has 1 aliphatic heterocycles. The Labute approximate surface area is 166 Å². The Morgan fingerprint density at radius 1 is 1.10 bits per heavy atom. The summed E-state index contributed by atoms with van der Waals surface area (Å²) in [7, 11) is -1.61. The van der Waals surface area contributed by atoms with Crippen molar-refractivity contribution in [2.24, 2.45) is 10.7 Å². The molecule has 0 saturated carbocycles. The van der Waals surface area contributed by atoms with Crippen LogP contribution >= 0.6 is 0 Å². The van der Waals surface area contributed by atoms with E-state index in [1.54, 1.807) is 37.2 Å². The molecular weight excluding hydrogens is 405 g/mol. The van der Waals surface area contributed by atoms with Crippen molar-refractivity contribution >= 4 is 21.2 Å². The largest absolute Gasteiger partial charge is 0.433 e. The quantitative estimate of drug-likeness (QED) is 0.815. The minimum Gasteiger partial charge on any atom is -0.358 e. The van der Waals surface area contributed by atoms with Gasteiger partial charge in [-0.3, -0.25) is 4.98 Å². The smallest absolute Gasteiger partial charge is 0.358 e. The van der Waals surface area contributed by atoms with Gasteiger partial charge in [-0.25, -0.2) is 13.4 Å². The zero-order valence-corrected chi connectivity index (χ0v) is 16.5. The number of hydrogen-bond acceptors (Lipinski definition) is 6. The average molecular weight is 424 g/mol. The molecule has 1 unspecified atom stereocenters. The van der Waals surface area contributed by atoms with E-state index in [-0.39, 0.29) is 10.6 Å². The van der Waals surface area contributed by atoms with Crippen molar-refractivity contribution < 1.29 is 21.6 Å². The molecular formula is C19H19F3N4O2S. The van der Waals surface area contributed by atoms with Gasteiger partial charge in [0.15, 0.2) is 9.84 Å². The first-order valence-electron chi connectivity index (χ1n) is 8.67. The highest BCUT2D eigenvalue weighted by Crippen LogP contribution is 2.29. The molecule has 1 atom stereocenters. The third-order valence-electron chi connectivity index (χ3n) is 4.52. The van der Waals surface area contributed by atoms with Gasteiger partial charge in [-0.15, -0.1) is 0 Å². The molecule has 0 fully saturated rings. The lowest BCUT2D eigenvalue weighted by molar-refractivity contribution is -0.141. The predicted octanol–water partition coefficient (Wildman–Crippen LogP) is 2.91. The fourth-order valence-corrected chi connectivity index (χ4v) is 3.66. The number of likely N-dealkylation sites (N-methyl/N-ethyl adjacent to an activating group) is 1. The number of pyridine rings is 1. The van der Waals surface area contributed by atoms with Crippen LogP contribution in [-0.2, 0) is 16.0 Å². The first-order valence-corrected chi connectivity index (χ1v) is 10.3. The zero-order valence-electron chi connectivity index (χ0n) is 15.7. The van der Waals surface area contributed by atoms with E-state index in [2.05, 4.69) is 9.98 Å². The van der Waals surface area contributed by atoms with E-state index in [4.69, 9.17) is 5.73 Å². The lowest BCUT2D eigenvalue weighted by atomic mass is 10.1. The van der Waals surface area contributed by atoms with Crippen molar-refractivity contribution in [1.29, 1.82) is 0 Å². The summed E-state index contributed by atoms with van der Waals surface area (Å²) in [6, 6.07) is 8.42. The van der Waals surface area contributed by atoms with Gasteiger partial charge in [0.2, 0.25) is 0 Å². The number of hydrogen-bond donors (Lipinski definition) is 1. The number of sulfone groups is 1. The molecule has 2 heterocycles. The number of aliphatic imine (C=N–C) groups is 1. The summed E-state index contributed by atoms with van der Waals surface area (Å²) in [4.78, 5) is 9.84. The third kappa shape index (κ3) is 4.33. The van der Waals surface area contributed by atoms with E-state index in [0.29, 0.717) is 22.5 Å². The van der Waals surface area contributed by atoms with Crippen LogP contribution in [0.3, 0.4) is 0 Å². The lowest BCUT2D eigenvalue weighted by Crippen LogP contribution is -2.45. The molecule has 0 bridgehead atoms. The van der Waals surface area contributed by atoms with Crippen LogP contribution in [0.15, 0.2) is 58.7 Å². The molecule has 2 N–H and O–H groups in total. The molecule has 0 amide bonds. The summed E-state index contributed by atoms with van der Waals surface area (Å²) in [5.74, 6) is -0.00411. The second-order valence-corrected chi connectivity index (χ2v) is 8.76. The highest BCUT2D eigenvalue weighted by atomic mass is 32.2. The Morgan fingerprint density at radius 2 is 1.72 bits per heavy atom. The van der Waals surface area contributed by atoms with E-state index in [1.165, 1.54) is 18.2 Å². The van der Waals surface area contributed by atoms with E-state index in [0.717, 1.165) is 12.3 Å². The average Bonchev–Trinajstić information content (AvgIpc) is 2.69. The van der Waals surface area contributed by atoms with Crippen molar-refractivity contribution in [3.63, 3.8) is 0 Å². The normalized spacial score (nSPS) is 17.7. The van der Waals surface area contributed by atoms with Gasteiger partial charge >= 0.3 is 6.18 Å². The van der Waals surface area contributed by atoms with Gasteiger partial charge in [0.05, 0.1) is 22.1 Å². The maximum absolute atomic E-state index is 12.7. The van der Waals surface area contributed by atoms with Crippen LogP contribution in [0.4, 0.5) is 13.2 Å². The molecule has 0 aliphatic carbocycles. The van der Waals surface area contributed by atoms with E-state index in [1.807, 2.05) is 0 Å². The molecule has 0 spiro atoms. The minimum absolute atomic E-state index is 0.00411. The Hall–Kier alpha value is -2.72. The summed E-state index contributed by atoms with van der Waals surface area (Å²) in [6.07, 6.45) is -2.42. The van der Waals surface area contributed by atoms with Crippen LogP contribution in [0.1, 0.15) is 23.7 Å². The Balaban J connectivity index is 1.97. The summed E-state index contributed by atoms with van der Waals surface area (Å²) >= 11 is 0. The lowest BCUT2D eigenvalue weighted by Gasteiger charge is -2.29. The third-order valence-corrected chi connectivity index (χ3v) is 6.28. The molecule has 0 saturated heterocycles. The summed E-state index contributed by atoms with van der Waals surface area (Å²) < 4.78 is 62.2. The van der Waals surface area contributed by atoms with Crippen molar-refractivity contribution in [2.75, 3.05) is 12.8 Å². The molecule has 3 rings (SSSR count). The standard InChI is InChI=1S/C19H19F3N4O2S/c1-3-29(27,28)14-7-4-12(5-8-14)15-11-26(2)18(23)17(25-15)13-6-9-16(24-10-13)19(20,21)22/h4-11,18H,3,23H2,1-2H3. The molecule has 10 heteroatoms. The highest BCUT2D eigenvalue weighted by Gasteiger charge is 2.32. The number of benzene rings is 1. The van der Waals surface area contributed by atoms with Crippen molar-refractivity contribution in [2.45, 2.75) is 24.2 Å². The number of nitrogens with two attached hydrogens (primary N) is 1. The minimum atomic E-state index is -4.53. The van der Waals surface area contributed by atoms with Gasteiger partial charge in [0.25, 0.3) is 0 Å². The van der Waals surface area contributed by atoms with Gasteiger partial charge in [0, 0.05) is 30.6 Å². The molecule has 0 radical (unpaired) electrons. The molecule has 154 valence electrons. The Morgan fingerprint density at radius 3 is 2.24 bits per heavy atom. The van der Waals surface area contributed by atoms with Gasteiger partial charge in [-0.2, -0.15) is 13.2 Å². The second kappa shape index (κ2) is 7.60. The fourth-order valence-electron chi connectivity index (χ4n) is 2.78. The molecule has 2 aromatic rings. The van der Waals surface area contributed by atoms with Crippen LogP contribution in [0, 0.1) is 0 Å². The van der Waals surface area contributed by atoms with Gasteiger partial charge in [-0.1, -0.05) is 19.1 Å². The number of alkyl halides is 3. The Bertz CT molecular complexity index is 1060. The van der Waals surface area contributed by atoms with Crippen LogP contribution in [0.5, 0.6) is 0 Å². The van der Waals surface area contributed by atoms with Crippen molar-refractivity contribution in [3.05, 3.63) is 65.6 Å². The molecule has 29 heavy (non-hydrogen) atoms. The van der Waals surface area contributed by atoms with E-state index >= 15 is 0 Å². The molecule has 1 aromatic heterocycles. The summed E-state index contributed by atoms with van der Waals surface area (Å²) in [6.45, 7) is 1.57. The van der Waals surface area contributed by atoms with E-state index in [9.17, 15) is 21.6 Å². The maximum atomic E-state index is 12.7. The number of nitrogens with zero attached hydrogens (tertiary/aromatic N) is 3. The second-order valence-electron chi connectivity index (χ2n) is 6.48. The van der Waals surface area contributed by atoms with Gasteiger partial charge in [-0.05, 0) is 24.3 Å². The number of aromatic nitrogens is 1. The predicted molar refractivity (Wildman–Crippen MR) is 104 cm³/mol. The van der Waals surface area contributed by atoms with Crippen LogP contribution < -0.4 is 5.73 Å². The Kier molecular flexibility index (Phi) is 5.50. The molecule has 6 nitrogen and oxygen atoms in total. The molecule has 1 aliphatic rings. The van der Waals surface area contributed by atoms with Crippen molar-refractivity contribution in [3.8, 4) is 0 Å². The monoisotopic (exact) mass is 424 g/mol. The summed E-state index contributed by atoms with van der Waals surface area (Å²) in [5, 5.41) is 0. The zero-order chi connectivity index (χ0) is 21.4. The van der Waals surface area contributed by atoms with Crippen LogP contribution in [0.2, 0.25) is 0 Å². The van der Waals surface area contributed by atoms with Gasteiger partial charge < -0.3 is 10.6 Å². The first-order chi connectivity index (χ1) is 13.5. The van der Waals surface area contributed by atoms with Crippen LogP contribution in [0.25, 0.3) is 5.70 Å². The highest BCUT2D eigenvalue weighted by molar-refractivity contribution is 7.91. The number of rotatable bonds is 4. The summed E-state index contributed by atoms with van der Waals surface area (Å²) in [5.41, 5.74) is 7.02. The fraction of sp³-hybridized carbons (Fsp3) is 0.263. The van der Waals surface area contributed by atoms with Gasteiger partial charge in [0.1, 0.15) is 11.9 Å². The topological polar surface area (TPSA) is 88.7 Å². The van der Waals surface area contributed by atoms with Crippen LogP contribution in [-0.4, -0.2) is 43.0 Å². The van der Waals surface area contributed by atoms with E-state index < -0.39 is 27.9 Å². The maximum Gasteiger partial charge on any atom is 0.433 e. The number of halogens is 3. The SMILES string of the molecule is CCS(=O)(=O)c1ccc(C2=CN(C)C(N)C(c3ccc(C(F)(F)F)nc3)=N2)cc1. The molecule has 1 aromatic carbocycles.